The molecule has 1 aromatic carbocycles. The van der Waals surface area contributed by atoms with Crippen molar-refractivity contribution in [3.8, 4) is 5.75 Å². The van der Waals surface area contributed by atoms with Gasteiger partial charge in [-0.1, -0.05) is 19.4 Å². The van der Waals surface area contributed by atoms with E-state index in [2.05, 4.69) is 6.92 Å². The lowest BCUT2D eigenvalue weighted by atomic mass is 10.1. The number of rotatable bonds is 4. The van der Waals surface area contributed by atoms with Crippen LogP contribution in [0.25, 0.3) is 0 Å². The molecular weight excluding hydrogens is 164 g/mol. The van der Waals surface area contributed by atoms with Crippen molar-refractivity contribution in [1.29, 1.82) is 0 Å². The largest absolute Gasteiger partial charge is 0.496 e. The van der Waals surface area contributed by atoms with Crippen molar-refractivity contribution in [2.75, 3.05) is 7.11 Å². The monoisotopic (exact) mass is 180 g/mol. The predicted molar refractivity (Wildman–Crippen MR) is 52.9 cm³/mol. The molecular formula is C11H16O2. The van der Waals surface area contributed by atoms with Gasteiger partial charge in [0.05, 0.1) is 13.7 Å². The highest BCUT2D eigenvalue weighted by atomic mass is 16.5. The summed E-state index contributed by atoms with van der Waals surface area (Å²) in [4.78, 5) is 0. The van der Waals surface area contributed by atoms with Gasteiger partial charge in [0.2, 0.25) is 0 Å². The first-order chi connectivity index (χ1) is 6.31. The van der Waals surface area contributed by atoms with E-state index in [9.17, 15) is 0 Å². The highest BCUT2D eigenvalue weighted by Crippen LogP contribution is 2.20. The summed E-state index contributed by atoms with van der Waals surface area (Å²) in [6.07, 6.45) is 2.17. The van der Waals surface area contributed by atoms with Gasteiger partial charge in [0.1, 0.15) is 5.75 Å². The van der Waals surface area contributed by atoms with Crippen LogP contribution >= 0.6 is 0 Å². The zero-order valence-electron chi connectivity index (χ0n) is 8.21. The molecule has 1 N–H and O–H groups in total. The zero-order valence-corrected chi connectivity index (χ0v) is 8.21. The van der Waals surface area contributed by atoms with E-state index in [0.717, 1.165) is 24.2 Å². The average Bonchev–Trinajstić information content (AvgIpc) is 2.18. The molecule has 2 heteroatoms. The Labute approximate surface area is 79.2 Å². The van der Waals surface area contributed by atoms with E-state index < -0.39 is 0 Å². The van der Waals surface area contributed by atoms with Gasteiger partial charge in [-0.15, -0.1) is 0 Å². The molecule has 0 saturated carbocycles. The van der Waals surface area contributed by atoms with Crippen LogP contribution in [-0.4, -0.2) is 12.2 Å². The Hall–Kier alpha value is -1.02. The number of hydrogen-bond donors (Lipinski definition) is 1. The minimum absolute atomic E-state index is 0.0424. The highest BCUT2D eigenvalue weighted by Gasteiger charge is 2.02. The van der Waals surface area contributed by atoms with Crippen LogP contribution < -0.4 is 4.74 Å². The Morgan fingerprint density at radius 3 is 2.69 bits per heavy atom. The van der Waals surface area contributed by atoms with Gasteiger partial charge in [0.15, 0.2) is 0 Å². The first kappa shape index (κ1) is 10.1. The maximum Gasteiger partial charge on any atom is 0.124 e. The van der Waals surface area contributed by atoms with Crippen molar-refractivity contribution in [2.24, 2.45) is 0 Å². The molecule has 0 saturated heterocycles. The summed E-state index contributed by atoms with van der Waals surface area (Å²) in [5.41, 5.74) is 2.13. The summed E-state index contributed by atoms with van der Waals surface area (Å²) >= 11 is 0. The van der Waals surface area contributed by atoms with Crippen LogP contribution in [0.5, 0.6) is 5.75 Å². The van der Waals surface area contributed by atoms with Crippen LogP contribution in [0, 0.1) is 0 Å². The molecule has 0 bridgehead atoms. The summed E-state index contributed by atoms with van der Waals surface area (Å²) in [6, 6.07) is 5.96. The zero-order chi connectivity index (χ0) is 9.68. The molecule has 0 aliphatic heterocycles. The van der Waals surface area contributed by atoms with Gasteiger partial charge in [-0.2, -0.15) is 0 Å². The molecule has 0 heterocycles. The molecule has 0 spiro atoms. The van der Waals surface area contributed by atoms with E-state index >= 15 is 0 Å². The van der Waals surface area contributed by atoms with Crippen molar-refractivity contribution in [2.45, 2.75) is 26.4 Å². The third kappa shape index (κ3) is 2.46. The summed E-state index contributed by atoms with van der Waals surface area (Å²) in [5, 5.41) is 9.06. The molecule has 2 nitrogen and oxygen atoms in total. The Kier molecular flexibility index (Phi) is 3.77. The quantitative estimate of drug-likeness (QED) is 0.769. The van der Waals surface area contributed by atoms with Crippen LogP contribution in [0.4, 0.5) is 0 Å². The van der Waals surface area contributed by atoms with Crippen LogP contribution in [0.3, 0.4) is 0 Å². The molecule has 0 fully saturated rings. The molecule has 1 rings (SSSR count). The van der Waals surface area contributed by atoms with E-state index in [1.165, 1.54) is 5.56 Å². The predicted octanol–water partition coefficient (Wildman–Crippen LogP) is 2.14. The first-order valence-electron chi connectivity index (χ1n) is 4.58. The van der Waals surface area contributed by atoms with E-state index in [1.807, 2.05) is 18.2 Å². The lowest BCUT2D eigenvalue weighted by Gasteiger charge is -2.07. The van der Waals surface area contributed by atoms with Gasteiger partial charge in [-0.3, -0.25) is 0 Å². The summed E-state index contributed by atoms with van der Waals surface area (Å²) in [5.74, 6) is 0.766. The smallest absolute Gasteiger partial charge is 0.124 e. The second kappa shape index (κ2) is 4.87. The standard InChI is InChI=1S/C11H16O2/c1-3-4-9-5-6-11(13-2)10(7-9)8-12/h5-7,12H,3-4,8H2,1-2H3. The molecule has 13 heavy (non-hydrogen) atoms. The average molecular weight is 180 g/mol. The van der Waals surface area contributed by atoms with Crippen molar-refractivity contribution >= 4 is 0 Å². The third-order valence-corrected chi connectivity index (χ3v) is 2.05. The number of aliphatic hydroxyl groups is 1. The van der Waals surface area contributed by atoms with Crippen molar-refractivity contribution in [3.63, 3.8) is 0 Å². The molecule has 0 aliphatic rings. The number of methoxy groups -OCH3 is 1. The van der Waals surface area contributed by atoms with Gasteiger partial charge in [0, 0.05) is 5.56 Å². The number of aryl methyl sites for hydroxylation is 1. The third-order valence-electron chi connectivity index (χ3n) is 2.05. The fraction of sp³-hybridized carbons (Fsp3) is 0.455. The second-order valence-electron chi connectivity index (χ2n) is 3.05. The van der Waals surface area contributed by atoms with E-state index in [-0.39, 0.29) is 6.61 Å². The summed E-state index contributed by atoms with van der Waals surface area (Å²) < 4.78 is 5.11. The van der Waals surface area contributed by atoms with Gasteiger partial charge >= 0.3 is 0 Å². The number of ether oxygens (including phenoxy) is 1. The fourth-order valence-corrected chi connectivity index (χ4v) is 1.40. The minimum Gasteiger partial charge on any atom is -0.496 e. The minimum atomic E-state index is 0.0424. The fourth-order valence-electron chi connectivity index (χ4n) is 1.40. The normalized spacial score (nSPS) is 10.1. The molecule has 0 aliphatic carbocycles. The second-order valence-corrected chi connectivity index (χ2v) is 3.05. The van der Waals surface area contributed by atoms with Crippen molar-refractivity contribution < 1.29 is 9.84 Å². The van der Waals surface area contributed by atoms with Gasteiger partial charge in [-0.25, -0.2) is 0 Å². The Morgan fingerprint density at radius 2 is 2.15 bits per heavy atom. The lowest BCUT2D eigenvalue weighted by Crippen LogP contribution is -1.94. The maximum atomic E-state index is 9.06. The molecule has 0 radical (unpaired) electrons. The van der Waals surface area contributed by atoms with E-state index in [0.29, 0.717) is 0 Å². The van der Waals surface area contributed by atoms with Crippen LogP contribution in [0.2, 0.25) is 0 Å². The number of hydrogen-bond acceptors (Lipinski definition) is 2. The first-order valence-corrected chi connectivity index (χ1v) is 4.58. The van der Waals surface area contributed by atoms with Gasteiger partial charge < -0.3 is 9.84 Å². The molecule has 1 aromatic rings. The van der Waals surface area contributed by atoms with Crippen LogP contribution in [-0.2, 0) is 13.0 Å². The Bertz CT molecular complexity index is 269. The van der Waals surface area contributed by atoms with Crippen LogP contribution in [0.1, 0.15) is 24.5 Å². The van der Waals surface area contributed by atoms with E-state index in [1.54, 1.807) is 7.11 Å². The Morgan fingerprint density at radius 1 is 1.38 bits per heavy atom. The van der Waals surface area contributed by atoms with Crippen molar-refractivity contribution in [1.82, 2.24) is 0 Å². The van der Waals surface area contributed by atoms with Gasteiger partial charge in [-0.05, 0) is 24.1 Å². The maximum absolute atomic E-state index is 9.06. The van der Waals surface area contributed by atoms with Crippen LogP contribution in [0.15, 0.2) is 18.2 Å². The highest BCUT2D eigenvalue weighted by molar-refractivity contribution is 5.36. The topological polar surface area (TPSA) is 29.5 Å². The Balaban J connectivity index is 2.91. The molecule has 72 valence electrons. The van der Waals surface area contributed by atoms with Gasteiger partial charge in [0.25, 0.3) is 0 Å². The van der Waals surface area contributed by atoms with E-state index in [4.69, 9.17) is 9.84 Å². The molecule has 0 unspecified atom stereocenters. The number of benzene rings is 1. The molecule has 0 amide bonds. The molecule has 0 aromatic heterocycles. The molecule has 0 atom stereocenters. The summed E-state index contributed by atoms with van der Waals surface area (Å²) in [6.45, 7) is 2.18. The number of aliphatic hydroxyl groups excluding tert-OH is 1. The SMILES string of the molecule is CCCc1ccc(OC)c(CO)c1. The summed E-state index contributed by atoms with van der Waals surface area (Å²) in [7, 11) is 1.62. The lowest BCUT2D eigenvalue weighted by molar-refractivity contribution is 0.273. The van der Waals surface area contributed by atoms with Crippen molar-refractivity contribution in [3.05, 3.63) is 29.3 Å².